The third-order valence-electron chi connectivity index (χ3n) is 8.04. The molecule has 206 valence electrons. The topological polar surface area (TPSA) is 57.7 Å². The summed E-state index contributed by atoms with van der Waals surface area (Å²) >= 11 is 6.87. The Morgan fingerprint density at radius 2 is 1.29 bits per heavy atom. The van der Waals surface area contributed by atoms with Gasteiger partial charge < -0.3 is 4.90 Å². The Bertz CT molecular complexity index is 1640. The number of amides is 3. The molecule has 4 aromatic carbocycles. The Kier molecular flexibility index (Phi) is 7.38. The third kappa shape index (κ3) is 4.93. The summed E-state index contributed by atoms with van der Waals surface area (Å²) in [6, 6.07) is 28.9. The van der Waals surface area contributed by atoms with Crippen LogP contribution in [0.1, 0.15) is 28.7 Å². The van der Waals surface area contributed by atoms with E-state index in [0.717, 1.165) is 25.6 Å². The molecule has 0 unspecified atom stereocenters. The first-order valence-corrected chi connectivity index (χ1v) is 14.8. The molecular weight excluding hydrogens is 651 g/mol. The van der Waals surface area contributed by atoms with Gasteiger partial charge in [-0.15, -0.1) is 0 Å². The Hall–Kier alpha value is -3.62. The van der Waals surface area contributed by atoms with Crippen LogP contribution in [0.15, 0.2) is 106 Å². The van der Waals surface area contributed by atoms with Crippen LogP contribution in [0.5, 0.6) is 0 Å². The second-order valence-corrected chi connectivity index (χ2v) is 12.3. The summed E-state index contributed by atoms with van der Waals surface area (Å²) in [5, 5.41) is 0. The second kappa shape index (κ2) is 11.0. The number of para-hydroxylation sites is 1. The maximum atomic E-state index is 15.6. The average Bonchev–Trinajstić information content (AvgIpc) is 3.38. The smallest absolute Gasteiger partial charge is 0.239 e. The molecule has 0 saturated carbocycles. The highest BCUT2D eigenvalue weighted by Crippen LogP contribution is 2.53. The number of carbonyl (C=O) groups excluding carboxylic acids is 3. The molecule has 0 bridgehead atoms. The minimum atomic E-state index is -1.46. The fourth-order valence-electron chi connectivity index (χ4n) is 6.09. The van der Waals surface area contributed by atoms with E-state index in [9.17, 15) is 14.4 Å². The lowest BCUT2D eigenvalue weighted by molar-refractivity contribution is -0.142. The Morgan fingerprint density at radius 1 is 0.707 bits per heavy atom. The van der Waals surface area contributed by atoms with Crippen LogP contribution in [-0.4, -0.2) is 22.6 Å². The summed E-state index contributed by atoms with van der Waals surface area (Å²) in [4.78, 5) is 45.0. The van der Waals surface area contributed by atoms with Crippen molar-refractivity contribution in [3.8, 4) is 0 Å². The fourth-order valence-corrected chi connectivity index (χ4v) is 6.61. The predicted octanol–water partition coefficient (Wildman–Crippen LogP) is 6.95. The first-order valence-electron chi connectivity index (χ1n) is 13.3. The minimum absolute atomic E-state index is 0.105. The Morgan fingerprint density at radius 3 is 1.95 bits per heavy atom. The highest BCUT2D eigenvalue weighted by molar-refractivity contribution is 9.10. The summed E-state index contributed by atoms with van der Waals surface area (Å²) in [5.41, 5.74) is 1.60. The molecule has 0 aliphatic carbocycles. The van der Waals surface area contributed by atoms with Crippen LogP contribution in [0.4, 0.5) is 10.1 Å². The number of halogens is 3. The van der Waals surface area contributed by atoms with E-state index in [2.05, 4.69) is 31.9 Å². The number of hydrogen-bond donors (Lipinski definition) is 0. The van der Waals surface area contributed by atoms with E-state index < -0.39 is 23.1 Å². The van der Waals surface area contributed by atoms with Crippen LogP contribution in [0, 0.1) is 11.7 Å². The number of rotatable bonds is 7. The number of likely N-dealkylation sites (tertiary alicyclic amines) is 1. The standard InChI is InChI=1S/C33H25Br2FN2O3/c34-24-13-9-21(10-14-24)18-33(27-17-29(39)37(31(27)40)19-23-11-15-25(35)16-12-23)26-7-4-8-28(36)30(26)38(32(33)41)20-22-5-2-1-3-6-22/h1-16,27H,17-20H2/t27-,33+/m0/s1. The lowest BCUT2D eigenvalue weighted by atomic mass is 9.66. The average molecular weight is 676 g/mol. The van der Waals surface area contributed by atoms with E-state index >= 15 is 4.39 Å². The van der Waals surface area contributed by atoms with Gasteiger partial charge in [0, 0.05) is 15.4 Å². The summed E-state index contributed by atoms with van der Waals surface area (Å²) in [6.45, 7) is 0.251. The maximum absolute atomic E-state index is 15.6. The number of nitrogens with zero attached hydrogens (tertiary/aromatic N) is 2. The van der Waals surface area contributed by atoms with E-state index in [0.29, 0.717) is 5.56 Å². The SMILES string of the molecule is O=C1C[C@H]([C@]2(Cc3ccc(Br)cc3)C(=O)N(Cc3ccccc3)c3c(F)cccc32)C(=O)N1Cc1ccc(Br)cc1. The van der Waals surface area contributed by atoms with Crippen LogP contribution in [0.2, 0.25) is 0 Å². The molecule has 0 N–H and O–H groups in total. The first-order chi connectivity index (χ1) is 19.8. The molecule has 4 aromatic rings. The van der Waals surface area contributed by atoms with Crippen molar-refractivity contribution in [2.24, 2.45) is 5.92 Å². The molecule has 1 saturated heterocycles. The van der Waals surface area contributed by atoms with Crippen LogP contribution >= 0.6 is 31.9 Å². The van der Waals surface area contributed by atoms with Gasteiger partial charge in [-0.1, -0.05) is 98.6 Å². The van der Waals surface area contributed by atoms with Crippen molar-refractivity contribution < 1.29 is 18.8 Å². The Balaban J connectivity index is 1.47. The van der Waals surface area contributed by atoms with Gasteiger partial charge in [-0.25, -0.2) is 4.39 Å². The van der Waals surface area contributed by atoms with Gasteiger partial charge >= 0.3 is 0 Å². The van der Waals surface area contributed by atoms with Crippen LogP contribution in [0.3, 0.4) is 0 Å². The van der Waals surface area contributed by atoms with Gasteiger partial charge in [0.2, 0.25) is 17.7 Å². The quantitative estimate of drug-likeness (QED) is 0.199. The van der Waals surface area contributed by atoms with Crippen LogP contribution < -0.4 is 4.90 Å². The largest absolute Gasteiger partial charge is 0.304 e. The number of anilines is 1. The number of carbonyl (C=O) groups is 3. The molecule has 5 nitrogen and oxygen atoms in total. The van der Waals surface area contributed by atoms with Crippen molar-refractivity contribution in [2.45, 2.75) is 31.3 Å². The number of imide groups is 1. The molecular formula is C33H25Br2FN2O3. The highest BCUT2D eigenvalue weighted by Gasteiger charge is 2.61. The summed E-state index contributed by atoms with van der Waals surface area (Å²) < 4.78 is 17.4. The molecule has 2 heterocycles. The molecule has 0 aromatic heterocycles. The van der Waals surface area contributed by atoms with Crippen molar-refractivity contribution >= 4 is 55.3 Å². The first kappa shape index (κ1) is 27.5. The van der Waals surface area contributed by atoms with E-state index in [1.807, 2.05) is 78.9 Å². The van der Waals surface area contributed by atoms with Gasteiger partial charge in [0.1, 0.15) is 5.82 Å². The van der Waals surface area contributed by atoms with Crippen LogP contribution in [-0.2, 0) is 39.3 Å². The van der Waals surface area contributed by atoms with Crippen molar-refractivity contribution in [3.63, 3.8) is 0 Å². The molecule has 6 rings (SSSR count). The Labute approximate surface area is 254 Å². The third-order valence-corrected chi connectivity index (χ3v) is 9.09. The molecule has 2 aliphatic heterocycles. The number of hydrogen-bond acceptors (Lipinski definition) is 3. The molecule has 2 atom stereocenters. The maximum Gasteiger partial charge on any atom is 0.239 e. The van der Waals surface area contributed by atoms with E-state index in [-0.39, 0.29) is 43.4 Å². The van der Waals surface area contributed by atoms with Gasteiger partial charge in [0.05, 0.1) is 30.1 Å². The van der Waals surface area contributed by atoms with Gasteiger partial charge in [0.25, 0.3) is 0 Å². The van der Waals surface area contributed by atoms with Gasteiger partial charge in [-0.05, 0) is 59.0 Å². The van der Waals surface area contributed by atoms with Crippen molar-refractivity contribution in [1.82, 2.24) is 4.90 Å². The van der Waals surface area contributed by atoms with Gasteiger partial charge in [-0.2, -0.15) is 0 Å². The second-order valence-electron chi connectivity index (χ2n) is 10.5. The van der Waals surface area contributed by atoms with Crippen molar-refractivity contribution in [1.29, 1.82) is 0 Å². The summed E-state index contributed by atoms with van der Waals surface area (Å²) in [7, 11) is 0. The molecule has 41 heavy (non-hydrogen) atoms. The molecule has 3 amide bonds. The number of benzene rings is 4. The zero-order valence-electron chi connectivity index (χ0n) is 21.9. The van der Waals surface area contributed by atoms with Crippen molar-refractivity contribution in [2.75, 3.05) is 4.90 Å². The lowest BCUT2D eigenvalue weighted by Crippen LogP contribution is -2.49. The molecule has 8 heteroatoms. The normalized spacial score (nSPS) is 20.2. The highest BCUT2D eigenvalue weighted by atomic mass is 79.9. The number of fused-ring (bicyclic) bond motifs is 1. The van der Waals surface area contributed by atoms with E-state index in [1.54, 1.807) is 12.1 Å². The van der Waals surface area contributed by atoms with Crippen molar-refractivity contribution in [3.05, 3.63) is 134 Å². The molecule has 0 spiro atoms. The summed E-state index contributed by atoms with van der Waals surface area (Å²) in [5.74, 6) is -2.65. The zero-order valence-corrected chi connectivity index (χ0v) is 25.1. The fraction of sp³-hybridized carbons (Fsp3) is 0.182. The molecule has 1 fully saturated rings. The minimum Gasteiger partial charge on any atom is -0.304 e. The monoisotopic (exact) mass is 674 g/mol. The molecule has 2 aliphatic rings. The van der Waals surface area contributed by atoms with Gasteiger partial charge in [0.15, 0.2) is 0 Å². The van der Waals surface area contributed by atoms with Gasteiger partial charge in [-0.3, -0.25) is 19.3 Å². The molecule has 0 radical (unpaired) electrons. The van der Waals surface area contributed by atoms with Crippen LogP contribution in [0.25, 0.3) is 0 Å². The van der Waals surface area contributed by atoms with E-state index in [4.69, 9.17) is 0 Å². The van der Waals surface area contributed by atoms with E-state index in [1.165, 1.54) is 15.9 Å². The summed E-state index contributed by atoms with van der Waals surface area (Å²) in [6.07, 6.45) is 0.0173. The lowest BCUT2D eigenvalue weighted by Gasteiger charge is -2.33. The predicted molar refractivity (Wildman–Crippen MR) is 161 cm³/mol. The zero-order chi connectivity index (χ0) is 28.7.